The molecule has 0 aliphatic carbocycles. The van der Waals surface area contributed by atoms with E-state index in [9.17, 15) is 72.0 Å². The van der Waals surface area contributed by atoms with E-state index in [-0.39, 0.29) is 48.3 Å². The summed E-state index contributed by atoms with van der Waals surface area (Å²) in [6.07, 6.45) is -13.1. The summed E-state index contributed by atoms with van der Waals surface area (Å²) in [7, 11) is 0. The third-order valence-electron chi connectivity index (χ3n) is 14.4. The molecule has 0 radical (unpaired) electrons. The Morgan fingerprint density at radius 3 is 1.61 bits per heavy atom. The molecule has 0 spiro atoms. The van der Waals surface area contributed by atoms with Gasteiger partial charge in [-0.25, -0.2) is 0 Å². The van der Waals surface area contributed by atoms with Gasteiger partial charge in [-0.15, -0.1) is 4.91 Å². The maximum absolute atomic E-state index is 13.5. The first kappa shape index (κ1) is 57.4. The fourth-order valence-electron chi connectivity index (χ4n) is 10.4. The Hall–Kier alpha value is -6.27. The topological polar surface area (TPSA) is 130 Å². The Morgan fingerprint density at radius 1 is 0.579 bits per heavy atom. The molecular formula is C52H56F12N8O4. The van der Waals surface area contributed by atoms with Crippen molar-refractivity contribution in [2.75, 3.05) is 75.2 Å². The van der Waals surface area contributed by atoms with Crippen molar-refractivity contribution in [2.45, 2.75) is 93.8 Å². The number of carbonyl (C=O) groups is 3. The van der Waals surface area contributed by atoms with Gasteiger partial charge in [0.15, 0.2) is 0 Å². The minimum absolute atomic E-state index is 0.0735. The highest BCUT2D eigenvalue weighted by Gasteiger charge is 2.38. The number of anilines is 2. The first-order valence-electron chi connectivity index (χ1n) is 24.7. The lowest BCUT2D eigenvalue weighted by molar-refractivity contribution is -0.138. The van der Waals surface area contributed by atoms with Crippen LogP contribution in [0.2, 0.25) is 0 Å². The average Bonchev–Trinajstić information content (AvgIpc) is 4.08. The molecular weight excluding hydrogens is 1030 g/mol. The zero-order valence-corrected chi connectivity index (χ0v) is 40.9. The van der Waals surface area contributed by atoms with Crippen molar-refractivity contribution in [2.24, 2.45) is 5.18 Å². The van der Waals surface area contributed by atoms with E-state index in [2.05, 4.69) is 40.7 Å². The molecule has 3 N–H and O–H groups in total. The van der Waals surface area contributed by atoms with E-state index in [4.69, 9.17) is 0 Å². The standard InChI is InChI=1S/2C26H28F6N4O2/c27-25(28,29)17-4-6-19(7-5-17)35-14-10-20(11-15-35)36-13-9-18(16-36)33-12-8-21-22(24(37)34-38)2-1-3-23(21)26(30,31)32;27-25(28,29)18-4-6-21(7-5-18)35-12-9-22(10-13-35)36-11-8-20(16-36)34-23(37)15-33-24(38)17-2-1-3-19(14-17)26(30,31)32/h1-7,18,20,33H,8-16H2;1-7,14,20,22H,8-13,15-16H2,(H,33,38)(H,34,37)/t18-;20-/m11/s1/i;33+2,34+2. The van der Waals surface area contributed by atoms with Gasteiger partial charge in [-0.1, -0.05) is 12.1 Å². The molecule has 4 aromatic rings. The van der Waals surface area contributed by atoms with Crippen molar-refractivity contribution in [1.29, 1.82) is 0 Å². The quantitative estimate of drug-likeness (QED) is 0.0886. The van der Waals surface area contributed by atoms with Crippen LogP contribution in [0.1, 0.15) is 87.1 Å². The summed E-state index contributed by atoms with van der Waals surface area (Å²) in [5.74, 6) is -2.41. The van der Waals surface area contributed by atoms with Gasteiger partial charge in [0, 0.05) is 104 Å². The Kier molecular flexibility index (Phi) is 18.4. The summed E-state index contributed by atoms with van der Waals surface area (Å²) in [6.45, 7) is 5.71. The molecule has 12 nitrogen and oxygen atoms in total. The number of rotatable bonds is 13. The van der Waals surface area contributed by atoms with E-state index in [0.29, 0.717) is 31.7 Å². The molecule has 4 aliphatic rings. The highest BCUT2D eigenvalue weighted by Crippen LogP contribution is 2.36. The number of hydrogen-bond acceptors (Lipinski definition) is 9. The molecule has 412 valence electrons. The number of nitrogens with one attached hydrogen (secondary N) is 3. The van der Waals surface area contributed by atoms with Crippen molar-refractivity contribution in [3.63, 3.8) is 0 Å². The van der Waals surface area contributed by atoms with E-state index < -0.39 is 64.7 Å². The third kappa shape index (κ3) is 15.2. The molecule has 2 atom stereocenters. The van der Waals surface area contributed by atoms with Crippen molar-refractivity contribution in [1.82, 2.24) is 25.8 Å². The van der Waals surface area contributed by atoms with Gasteiger partial charge in [0.05, 0.1) is 28.8 Å². The number of alkyl halides is 12. The van der Waals surface area contributed by atoms with Gasteiger partial charge >= 0.3 is 30.6 Å². The Morgan fingerprint density at radius 2 is 1.09 bits per heavy atom. The second-order valence-electron chi connectivity index (χ2n) is 19.2. The summed E-state index contributed by atoms with van der Waals surface area (Å²) < 4.78 is 156. The zero-order valence-electron chi connectivity index (χ0n) is 40.9. The number of nitroso groups, excluding NO2 is 1. The predicted octanol–water partition coefficient (Wildman–Crippen LogP) is 9.82. The van der Waals surface area contributed by atoms with Gasteiger partial charge in [0.2, 0.25) is 5.91 Å². The average molecular weight is 1090 g/mol. The summed E-state index contributed by atoms with van der Waals surface area (Å²) in [6, 6.07) is 18.1. The largest absolute Gasteiger partial charge is 0.416 e. The molecule has 76 heavy (non-hydrogen) atoms. The van der Waals surface area contributed by atoms with Crippen molar-refractivity contribution in [3.05, 3.63) is 135 Å². The summed E-state index contributed by atoms with van der Waals surface area (Å²) in [5, 5.41) is 10.8. The van der Waals surface area contributed by atoms with Crippen LogP contribution < -0.4 is 25.8 Å². The minimum Gasteiger partial charge on any atom is -0.371 e. The molecule has 0 unspecified atom stereocenters. The third-order valence-corrected chi connectivity index (χ3v) is 14.4. The molecule has 24 heteroatoms. The van der Waals surface area contributed by atoms with E-state index in [0.717, 1.165) is 137 Å². The number of nitrogens with zero attached hydrogens (tertiary/aromatic N) is 5. The molecule has 0 saturated carbocycles. The number of benzene rings is 4. The van der Waals surface area contributed by atoms with Gasteiger partial charge in [0.1, 0.15) is 0 Å². The lowest BCUT2D eigenvalue weighted by atomic mass is 9.97. The van der Waals surface area contributed by atoms with Crippen LogP contribution in [-0.2, 0) is 35.9 Å². The molecule has 4 aliphatic heterocycles. The maximum atomic E-state index is 13.5. The van der Waals surface area contributed by atoms with Crippen LogP contribution in [0.5, 0.6) is 0 Å². The number of carbonyl (C=O) groups excluding carboxylic acids is 3. The normalized spacial score (nSPS) is 19.5. The summed E-state index contributed by atoms with van der Waals surface area (Å²) >= 11 is 0. The zero-order chi connectivity index (χ0) is 55.0. The van der Waals surface area contributed by atoms with Crippen LogP contribution in [0.25, 0.3) is 0 Å². The number of hydrogen-bond donors (Lipinski definition) is 3. The fraction of sp³-hybridized carbons (Fsp3) is 0.481. The van der Waals surface area contributed by atoms with Crippen molar-refractivity contribution in [3.8, 4) is 0 Å². The van der Waals surface area contributed by atoms with Crippen LogP contribution >= 0.6 is 0 Å². The van der Waals surface area contributed by atoms with Crippen LogP contribution in [0.4, 0.5) is 64.1 Å². The fourth-order valence-corrected chi connectivity index (χ4v) is 10.4. The lowest BCUT2D eigenvalue weighted by Crippen LogP contribution is -2.46. The van der Waals surface area contributed by atoms with Crippen LogP contribution in [-0.4, -0.2) is 117 Å². The number of piperidine rings is 2. The Balaban J connectivity index is 0.000000221. The Labute approximate surface area is 430 Å². The van der Waals surface area contributed by atoms with Gasteiger partial charge in [0.25, 0.3) is 5.91 Å². The molecule has 4 aromatic carbocycles. The molecule has 3 amide bonds. The molecule has 8 rings (SSSR count). The van der Waals surface area contributed by atoms with E-state index >= 15 is 0 Å². The molecule has 4 heterocycles. The van der Waals surface area contributed by atoms with Crippen LogP contribution in [0.3, 0.4) is 0 Å². The highest BCUT2D eigenvalue weighted by molar-refractivity contribution is 5.97. The first-order valence-corrected chi connectivity index (χ1v) is 24.7. The minimum atomic E-state index is -4.66. The smallest absolute Gasteiger partial charge is 0.371 e. The van der Waals surface area contributed by atoms with Gasteiger partial charge in [-0.3, -0.25) is 24.2 Å². The monoisotopic (exact) mass is 1090 g/mol. The van der Waals surface area contributed by atoms with Crippen molar-refractivity contribution >= 4 is 29.1 Å². The first-order chi connectivity index (χ1) is 35.9. The number of likely N-dealkylation sites (tertiary alicyclic amines) is 2. The molecule has 4 saturated heterocycles. The predicted molar refractivity (Wildman–Crippen MR) is 259 cm³/mol. The van der Waals surface area contributed by atoms with E-state index in [1.807, 2.05) is 0 Å². The molecule has 0 aromatic heterocycles. The number of halogens is 12. The second kappa shape index (κ2) is 24.4. The molecule has 4 fully saturated rings. The van der Waals surface area contributed by atoms with Crippen LogP contribution in [0.15, 0.2) is 96.2 Å². The Bertz CT molecular complexity index is 2610. The molecule has 0 bridgehead atoms. The lowest BCUT2D eigenvalue weighted by Gasteiger charge is -2.38. The summed E-state index contributed by atoms with van der Waals surface area (Å²) in [5.41, 5.74) is -2.44. The van der Waals surface area contributed by atoms with Gasteiger partial charge in [-0.05, 0) is 136 Å². The van der Waals surface area contributed by atoms with Crippen LogP contribution in [0, 0.1) is 4.91 Å². The second-order valence-corrected chi connectivity index (χ2v) is 19.2. The van der Waals surface area contributed by atoms with Gasteiger partial charge < -0.3 is 25.8 Å². The highest BCUT2D eigenvalue weighted by atomic mass is 19.4. The number of amides is 3. The van der Waals surface area contributed by atoms with E-state index in [1.54, 1.807) is 0 Å². The van der Waals surface area contributed by atoms with Gasteiger partial charge in [-0.2, -0.15) is 52.7 Å². The summed E-state index contributed by atoms with van der Waals surface area (Å²) in [4.78, 5) is 55.8. The SMILES string of the molecule is O=C(C[16NH]C(=O)c1cccc(C(F)(F)F)c1)[16NH][C@@H]1CCN(C2CCN(c3ccc(C(F)(F)F)cc3)CC2)C1.O=NC(=O)c1cccc(C(F)(F)F)c1CCN[C@@H]1CCN(C2CCN(c3ccc(C(F)(F)F)cc3)CC2)C1. The van der Waals surface area contributed by atoms with Crippen molar-refractivity contribution < 1.29 is 67.1 Å². The van der Waals surface area contributed by atoms with E-state index in [1.165, 1.54) is 36.4 Å². The maximum Gasteiger partial charge on any atom is 0.416 e.